The first kappa shape index (κ1) is 18.1. The topological polar surface area (TPSA) is 85.4 Å². The van der Waals surface area contributed by atoms with Crippen LogP contribution in [0.15, 0.2) is 53.6 Å². The van der Waals surface area contributed by atoms with Crippen LogP contribution in [0.3, 0.4) is 0 Å². The molecule has 128 valence electrons. The lowest BCUT2D eigenvalue weighted by Gasteiger charge is -2.20. The molecule has 1 aromatic heterocycles. The molecule has 6 nitrogen and oxygen atoms in total. The molecule has 0 aliphatic carbocycles. The normalized spacial score (nSPS) is 12.0. The molecule has 0 aliphatic rings. The van der Waals surface area contributed by atoms with Crippen LogP contribution >= 0.6 is 0 Å². The van der Waals surface area contributed by atoms with Gasteiger partial charge in [0.05, 0.1) is 16.2 Å². The highest BCUT2D eigenvalue weighted by molar-refractivity contribution is 7.89. The number of pyridine rings is 1. The van der Waals surface area contributed by atoms with E-state index in [0.717, 1.165) is 0 Å². The van der Waals surface area contributed by atoms with Gasteiger partial charge in [0, 0.05) is 11.7 Å². The molecule has 0 unspecified atom stereocenters. The monoisotopic (exact) mass is 348 g/mol. The molecule has 1 heterocycles. The fourth-order valence-corrected chi connectivity index (χ4v) is 3.36. The maximum Gasteiger partial charge on any atom is 0.338 e. The van der Waals surface area contributed by atoms with Crippen molar-refractivity contribution in [2.24, 2.45) is 0 Å². The molecule has 2 aromatic rings. The standard InChI is InChI=1S/C17H20N2O4S/c1-17(2,3)19-24(21,22)15-9-7-13(8-10-15)16(20)23-12-14-6-4-5-11-18-14/h4-11,19H,12H2,1-3H3. The Labute approximate surface area is 141 Å². The molecule has 0 radical (unpaired) electrons. The fourth-order valence-electron chi connectivity index (χ4n) is 1.94. The third-order valence-corrected chi connectivity index (χ3v) is 4.69. The van der Waals surface area contributed by atoms with Gasteiger partial charge in [0.2, 0.25) is 10.0 Å². The Balaban J connectivity index is 2.05. The zero-order valence-corrected chi connectivity index (χ0v) is 14.6. The summed E-state index contributed by atoms with van der Waals surface area (Å²) in [6.45, 7) is 5.33. The number of carbonyl (C=O) groups is 1. The second kappa shape index (κ2) is 7.11. The molecule has 0 saturated heterocycles. The fraction of sp³-hybridized carbons (Fsp3) is 0.294. The molecule has 1 aromatic carbocycles. The number of nitrogens with zero attached hydrogens (tertiary/aromatic N) is 1. The summed E-state index contributed by atoms with van der Waals surface area (Å²) in [4.78, 5) is 16.1. The predicted octanol–water partition coefficient (Wildman–Crippen LogP) is 2.52. The Morgan fingerprint density at radius 3 is 2.33 bits per heavy atom. The summed E-state index contributed by atoms with van der Waals surface area (Å²) >= 11 is 0. The van der Waals surface area contributed by atoms with Gasteiger partial charge in [-0.15, -0.1) is 0 Å². The van der Waals surface area contributed by atoms with Gasteiger partial charge in [-0.05, 0) is 57.2 Å². The molecule has 2 rings (SSSR count). The Kier molecular flexibility index (Phi) is 5.36. The van der Waals surface area contributed by atoms with Gasteiger partial charge in [-0.25, -0.2) is 17.9 Å². The van der Waals surface area contributed by atoms with Crippen LogP contribution in [0.4, 0.5) is 0 Å². The van der Waals surface area contributed by atoms with Crippen LogP contribution in [0, 0.1) is 0 Å². The SMILES string of the molecule is CC(C)(C)NS(=O)(=O)c1ccc(C(=O)OCc2ccccn2)cc1. The molecule has 0 saturated carbocycles. The van der Waals surface area contributed by atoms with E-state index in [9.17, 15) is 13.2 Å². The van der Waals surface area contributed by atoms with Gasteiger partial charge in [0.15, 0.2) is 0 Å². The molecule has 1 N–H and O–H groups in total. The van der Waals surface area contributed by atoms with E-state index in [0.29, 0.717) is 5.69 Å². The number of hydrogen-bond acceptors (Lipinski definition) is 5. The van der Waals surface area contributed by atoms with E-state index in [2.05, 4.69) is 9.71 Å². The number of hydrogen-bond donors (Lipinski definition) is 1. The van der Waals surface area contributed by atoms with Crippen molar-refractivity contribution in [2.75, 3.05) is 0 Å². The van der Waals surface area contributed by atoms with Crippen molar-refractivity contribution in [3.05, 3.63) is 59.9 Å². The minimum absolute atomic E-state index is 0.0608. The molecule has 0 atom stereocenters. The third kappa shape index (κ3) is 5.14. The number of nitrogens with one attached hydrogen (secondary N) is 1. The molecule has 24 heavy (non-hydrogen) atoms. The van der Waals surface area contributed by atoms with Crippen molar-refractivity contribution in [3.63, 3.8) is 0 Å². The van der Waals surface area contributed by atoms with Crippen molar-refractivity contribution in [2.45, 2.75) is 37.8 Å². The van der Waals surface area contributed by atoms with Crippen LogP contribution in [0.1, 0.15) is 36.8 Å². The summed E-state index contributed by atoms with van der Waals surface area (Å²) in [6.07, 6.45) is 1.62. The van der Waals surface area contributed by atoms with Gasteiger partial charge in [0.25, 0.3) is 0 Å². The average molecular weight is 348 g/mol. The van der Waals surface area contributed by atoms with E-state index < -0.39 is 21.5 Å². The highest BCUT2D eigenvalue weighted by Gasteiger charge is 2.22. The number of benzene rings is 1. The van der Waals surface area contributed by atoms with Crippen LogP contribution in [0.25, 0.3) is 0 Å². The number of aromatic nitrogens is 1. The number of carbonyl (C=O) groups excluding carboxylic acids is 1. The Morgan fingerprint density at radius 1 is 1.12 bits per heavy atom. The van der Waals surface area contributed by atoms with E-state index in [1.54, 1.807) is 45.2 Å². The number of rotatable bonds is 5. The first-order valence-corrected chi connectivity index (χ1v) is 8.87. The summed E-state index contributed by atoms with van der Waals surface area (Å²) in [5.41, 5.74) is 0.333. The quantitative estimate of drug-likeness (QED) is 0.839. The van der Waals surface area contributed by atoms with Gasteiger partial charge in [-0.3, -0.25) is 4.98 Å². The van der Waals surface area contributed by atoms with Crippen molar-refractivity contribution in [3.8, 4) is 0 Å². The van der Waals surface area contributed by atoms with Gasteiger partial charge in [0.1, 0.15) is 6.61 Å². The lowest BCUT2D eigenvalue weighted by atomic mass is 10.1. The summed E-state index contributed by atoms with van der Waals surface area (Å²) in [5.74, 6) is -0.534. The second-order valence-electron chi connectivity index (χ2n) is 6.28. The Hall–Kier alpha value is -2.25. The Morgan fingerprint density at radius 2 is 1.79 bits per heavy atom. The van der Waals surface area contributed by atoms with Crippen molar-refractivity contribution < 1.29 is 17.9 Å². The molecule has 0 fully saturated rings. The van der Waals surface area contributed by atoms with Crippen LogP contribution in [0.2, 0.25) is 0 Å². The minimum atomic E-state index is -3.63. The lowest BCUT2D eigenvalue weighted by molar-refractivity contribution is 0.0467. The van der Waals surface area contributed by atoms with Crippen LogP contribution in [0.5, 0.6) is 0 Å². The Bertz CT molecular complexity index is 795. The number of sulfonamides is 1. The number of esters is 1. The van der Waals surface area contributed by atoms with E-state index in [4.69, 9.17) is 4.74 Å². The zero-order chi connectivity index (χ0) is 17.8. The molecule has 0 amide bonds. The molecular weight excluding hydrogens is 328 g/mol. The predicted molar refractivity (Wildman–Crippen MR) is 89.9 cm³/mol. The lowest BCUT2D eigenvalue weighted by Crippen LogP contribution is -2.40. The van der Waals surface area contributed by atoms with Gasteiger partial charge >= 0.3 is 5.97 Å². The van der Waals surface area contributed by atoms with Crippen molar-refractivity contribution in [1.29, 1.82) is 0 Å². The third-order valence-electron chi connectivity index (χ3n) is 2.92. The maximum atomic E-state index is 12.2. The smallest absolute Gasteiger partial charge is 0.338 e. The first-order chi connectivity index (χ1) is 11.2. The maximum absolute atomic E-state index is 12.2. The summed E-state index contributed by atoms with van der Waals surface area (Å²) in [7, 11) is -3.63. The van der Waals surface area contributed by atoms with Crippen molar-refractivity contribution in [1.82, 2.24) is 9.71 Å². The summed E-state index contributed by atoms with van der Waals surface area (Å²) in [5, 5.41) is 0. The minimum Gasteiger partial charge on any atom is -0.456 e. The van der Waals surface area contributed by atoms with Gasteiger partial charge in [-0.1, -0.05) is 6.07 Å². The zero-order valence-electron chi connectivity index (χ0n) is 13.8. The van der Waals surface area contributed by atoms with Crippen LogP contribution in [-0.2, 0) is 21.4 Å². The molecule has 0 aliphatic heterocycles. The first-order valence-electron chi connectivity index (χ1n) is 7.38. The largest absolute Gasteiger partial charge is 0.456 e. The highest BCUT2D eigenvalue weighted by atomic mass is 32.2. The molecular formula is C17H20N2O4S. The summed E-state index contributed by atoms with van der Waals surface area (Å²) in [6, 6.07) is 10.9. The molecule has 0 spiro atoms. The summed E-state index contributed by atoms with van der Waals surface area (Å²) < 4.78 is 32.1. The van der Waals surface area contributed by atoms with E-state index in [1.165, 1.54) is 24.3 Å². The van der Waals surface area contributed by atoms with Gasteiger partial charge in [-0.2, -0.15) is 0 Å². The second-order valence-corrected chi connectivity index (χ2v) is 7.96. The van der Waals surface area contributed by atoms with Crippen molar-refractivity contribution >= 4 is 16.0 Å². The highest BCUT2D eigenvalue weighted by Crippen LogP contribution is 2.14. The number of ether oxygens (including phenoxy) is 1. The van der Waals surface area contributed by atoms with E-state index in [-0.39, 0.29) is 17.1 Å². The van der Waals surface area contributed by atoms with E-state index >= 15 is 0 Å². The van der Waals surface area contributed by atoms with Crippen LogP contribution < -0.4 is 4.72 Å². The average Bonchev–Trinajstić information content (AvgIpc) is 2.51. The van der Waals surface area contributed by atoms with E-state index in [1.807, 2.05) is 0 Å². The van der Waals surface area contributed by atoms with Gasteiger partial charge < -0.3 is 4.74 Å². The molecule has 7 heteroatoms. The molecule has 0 bridgehead atoms. The van der Waals surface area contributed by atoms with Crippen LogP contribution in [-0.4, -0.2) is 24.9 Å².